The van der Waals surface area contributed by atoms with E-state index in [9.17, 15) is 13.5 Å². The first-order valence-electron chi connectivity index (χ1n) is 5.83. The predicted molar refractivity (Wildman–Crippen MR) is 78.7 cm³/mol. The fourth-order valence-electron chi connectivity index (χ4n) is 1.29. The van der Waals surface area contributed by atoms with E-state index in [-0.39, 0.29) is 10.1 Å². The van der Waals surface area contributed by atoms with Gasteiger partial charge in [0, 0.05) is 29.9 Å². The average molecular weight is 304 g/mol. The van der Waals surface area contributed by atoms with Crippen molar-refractivity contribution in [3.8, 4) is 0 Å². The van der Waals surface area contributed by atoms with Gasteiger partial charge in [0.1, 0.15) is 0 Å². The number of aliphatic hydroxyl groups is 1. The van der Waals surface area contributed by atoms with E-state index in [4.69, 9.17) is 5.73 Å². The van der Waals surface area contributed by atoms with E-state index in [1.54, 1.807) is 19.1 Å². The molecule has 2 unspecified atom stereocenters. The van der Waals surface area contributed by atoms with Gasteiger partial charge >= 0.3 is 0 Å². The average Bonchev–Trinajstić information content (AvgIpc) is 2.31. The molecule has 0 heterocycles. The largest absolute Gasteiger partial charge is 0.398 e. The van der Waals surface area contributed by atoms with Crippen LogP contribution in [-0.2, 0) is 10.0 Å². The third-order valence-corrected chi connectivity index (χ3v) is 5.94. The number of nitrogens with two attached hydrogens (primary N) is 1. The van der Waals surface area contributed by atoms with Crippen LogP contribution < -0.4 is 5.73 Å². The summed E-state index contributed by atoms with van der Waals surface area (Å²) < 4.78 is 25.2. The molecule has 0 saturated heterocycles. The van der Waals surface area contributed by atoms with Crippen LogP contribution in [0.5, 0.6) is 0 Å². The molecule has 1 rings (SSSR count). The highest BCUT2D eigenvalue weighted by Gasteiger charge is 2.20. The summed E-state index contributed by atoms with van der Waals surface area (Å²) in [6.07, 6.45) is -0.501. The number of rotatable bonds is 5. The molecule has 0 aliphatic heterocycles. The van der Waals surface area contributed by atoms with Crippen molar-refractivity contribution in [1.82, 2.24) is 4.31 Å². The van der Waals surface area contributed by atoms with Crippen molar-refractivity contribution >= 4 is 27.5 Å². The van der Waals surface area contributed by atoms with Gasteiger partial charge in [-0.25, -0.2) is 12.7 Å². The van der Waals surface area contributed by atoms with Gasteiger partial charge in [-0.3, -0.25) is 0 Å². The second-order valence-electron chi connectivity index (χ2n) is 4.55. The molecule has 0 radical (unpaired) electrons. The minimum Gasteiger partial charge on any atom is -0.398 e. The third kappa shape index (κ3) is 3.85. The summed E-state index contributed by atoms with van der Waals surface area (Å²) in [5.41, 5.74) is 6.36. The molecule has 0 aromatic heterocycles. The lowest BCUT2D eigenvalue weighted by Gasteiger charge is -2.17. The van der Waals surface area contributed by atoms with Crippen LogP contribution >= 0.6 is 11.8 Å². The van der Waals surface area contributed by atoms with Gasteiger partial charge < -0.3 is 10.8 Å². The molecule has 0 spiro atoms. The smallest absolute Gasteiger partial charge is 0.242 e. The minimum atomic E-state index is -3.47. The zero-order valence-electron chi connectivity index (χ0n) is 11.5. The normalized spacial score (nSPS) is 15.5. The molecule has 0 fully saturated rings. The SMILES string of the molecule is CC(O)C(C)Sc1cc(S(=O)(=O)N(C)C)ccc1N. The maximum absolute atomic E-state index is 12.0. The number of sulfonamides is 1. The highest BCUT2D eigenvalue weighted by molar-refractivity contribution is 8.00. The molecule has 0 aliphatic rings. The third-order valence-electron chi connectivity index (χ3n) is 2.76. The summed E-state index contributed by atoms with van der Waals surface area (Å²) in [7, 11) is -0.504. The standard InChI is InChI=1S/C12H20N2O3S2/c1-8(15)9(2)18-12-7-10(5-6-11(12)13)19(16,17)14(3)4/h5-9,15H,13H2,1-4H3. The summed E-state index contributed by atoms with van der Waals surface area (Å²) in [6.45, 7) is 3.55. The first-order chi connectivity index (χ1) is 8.66. The first kappa shape index (κ1) is 16.3. The molecular formula is C12H20N2O3S2. The Morgan fingerprint density at radius 2 is 1.89 bits per heavy atom. The number of aliphatic hydroxyl groups excluding tert-OH is 1. The molecule has 0 aliphatic carbocycles. The molecule has 1 aromatic carbocycles. The zero-order valence-corrected chi connectivity index (χ0v) is 13.1. The van der Waals surface area contributed by atoms with E-state index in [0.717, 1.165) is 4.31 Å². The van der Waals surface area contributed by atoms with Crippen LogP contribution in [0.1, 0.15) is 13.8 Å². The Morgan fingerprint density at radius 3 is 2.37 bits per heavy atom. The summed E-state index contributed by atoms with van der Waals surface area (Å²) >= 11 is 1.36. The van der Waals surface area contributed by atoms with Gasteiger partial charge in [0.15, 0.2) is 0 Å². The quantitative estimate of drug-likeness (QED) is 0.634. The van der Waals surface area contributed by atoms with Crippen molar-refractivity contribution in [2.24, 2.45) is 0 Å². The molecule has 7 heteroatoms. The lowest BCUT2D eigenvalue weighted by molar-refractivity contribution is 0.196. The Bertz CT molecular complexity index is 542. The van der Waals surface area contributed by atoms with Crippen molar-refractivity contribution in [3.05, 3.63) is 18.2 Å². The van der Waals surface area contributed by atoms with Crippen molar-refractivity contribution < 1.29 is 13.5 Å². The van der Waals surface area contributed by atoms with E-state index in [2.05, 4.69) is 0 Å². The van der Waals surface area contributed by atoms with E-state index in [0.29, 0.717) is 10.6 Å². The van der Waals surface area contributed by atoms with E-state index < -0.39 is 16.1 Å². The second-order valence-corrected chi connectivity index (χ2v) is 8.12. The highest BCUT2D eigenvalue weighted by Crippen LogP contribution is 2.32. The second kappa shape index (κ2) is 6.13. The maximum atomic E-state index is 12.0. The van der Waals surface area contributed by atoms with Gasteiger partial charge in [0.2, 0.25) is 10.0 Å². The Morgan fingerprint density at radius 1 is 1.32 bits per heavy atom. The number of hydrogen-bond acceptors (Lipinski definition) is 5. The van der Waals surface area contributed by atoms with Crippen LogP contribution in [-0.4, -0.2) is 43.3 Å². The van der Waals surface area contributed by atoms with Crippen molar-refractivity contribution in [2.45, 2.75) is 35.0 Å². The Hall–Kier alpha value is -0.760. The van der Waals surface area contributed by atoms with Crippen LogP contribution in [0, 0.1) is 0 Å². The van der Waals surface area contributed by atoms with Crippen LogP contribution in [0.3, 0.4) is 0 Å². The number of anilines is 1. The van der Waals surface area contributed by atoms with Crippen LogP contribution in [0.15, 0.2) is 28.0 Å². The summed E-state index contributed by atoms with van der Waals surface area (Å²) in [4.78, 5) is 0.864. The van der Waals surface area contributed by atoms with Crippen molar-refractivity contribution in [1.29, 1.82) is 0 Å². The fraction of sp³-hybridized carbons (Fsp3) is 0.500. The topological polar surface area (TPSA) is 83.6 Å². The molecule has 108 valence electrons. The van der Waals surface area contributed by atoms with Crippen LogP contribution in [0.25, 0.3) is 0 Å². The monoisotopic (exact) mass is 304 g/mol. The molecule has 0 saturated carbocycles. The summed E-state index contributed by atoms with van der Waals surface area (Å²) in [5.74, 6) is 0. The van der Waals surface area contributed by atoms with Crippen LogP contribution in [0.2, 0.25) is 0 Å². The van der Waals surface area contributed by atoms with Gasteiger partial charge in [0.25, 0.3) is 0 Å². The molecule has 0 amide bonds. The molecule has 1 aromatic rings. The van der Waals surface area contributed by atoms with Gasteiger partial charge in [-0.1, -0.05) is 6.92 Å². The number of benzene rings is 1. The molecule has 3 N–H and O–H groups in total. The molecule has 19 heavy (non-hydrogen) atoms. The Labute approximate surface area is 118 Å². The van der Waals surface area contributed by atoms with Gasteiger partial charge in [-0.2, -0.15) is 0 Å². The predicted octanol–water partition coefficient (Wildman–Crippen LogP) is 1.38. The van der Waals surface area contributed by atoms with E-state index >= 15 is 0 Å². The number of nitrogens with zero attached hydrogens (tertiary/aromatic N) is 1. The van der Waals surface area contributed by atoms with Gasteiger partial charge in [0.05, 0.1) is 11.0 Å². The number of hydrogen-bond donors (Lipinski definition) is 2. The van der Waals surface area contributed by atoms with E-state index in [1.165, 1.54) is 31.9 Å². The van der Waals surface area contributed by atoms with Gasteiger partial charge in [-0.05, 0) is 25.1 Å². The number of thioether (sulfide) groups is 1. The molecule has 5 nitrogen and oxygen atoms in total. The maximum Gasteiger partial charge on any atom is 0.242 e. The fourth-order valence-corrected chi connectivity index (χ4v) is 3.29. The van der Waals surface area contributed by atoms with Crippen molar-refractivity contribution in [2.75, 3.05) is 19.8 Å². The number of nitrogen functional groups attached to an aromatic ring is 1. The van der Waals surface area contributed by atoms with E-state index in [1.807, 2.05) is 6.92 Å². The lowest BCUT2D eigenvalue weighted by Crippen LogP contribution is -2.22. The van der Waals surface area contributed by atoms with Crippen molar-refractivity contribution in [3.63, 3.8) is 0 Å². The molecular weight excluding hydrogens is 284 g/mol. The first-order valence-corrected chi connectivity index (χ1v) is 8.15. The summed E-state index contributed by atoms with van der Waals surface area (Å²) in [6, 6.07) is 4.61. The molecule has 0 bridgehead atoms. The summed E-state index contributed by atoms with van der Waals surface area (Å²) in [5, 5.41) is 9.43. The zero-order chi connectivity index (χ0) is 14.8. The molecule has 2 atom stereocenters. The minimum absolute atomic E-state index is 0.0698. The Kier molecular flexibility index (Phi) is 5.26. The van der Waals surface area contributed by atoms with Crippen LogP contribution in [0.4, 0.5) is 5.69 Å². The highest BCUT2D eigenvalue weighted by atomic mass is 32.2. The lowest BCUT2D eigenvalue weighted by atomic mass is 10.3. The Balaban J connectivity index is 3.15. The van der Waals surface area contributed by atoms with Gasteiger partial charge in [-0.15, -0.1) is 11.8 Å².